The average Bonchev–Trinajstić information content (AvgIpc) is 2.54. The van der Waals surface area contributed by atoms with Crippen molar-refractivity contribution in [1.82, 2.24) is 0 Å². The second-order valence-electron chi connectivity index (χ2n) is 5.00. The fraction of sp³-hybridized carbons (Fsp3) is 0.188. The minimum atomic E-state index is -6.13. The van der Waals surface area contributed by atoms with Gasteiger partial charge in [0.05, 0.1) is 0 Å². The molecule has 0 aliphatic rings. The van der Waals surface area contributed by atoms with E-state index in [1.165, 1.54) is 54.6 Å². The van der Waals surface area contributed by atoms with E-state index in [1.807, 2.05) is 0 Å². The van der Waals surface area contributed by atoms with E-state index in [-0.39, 0.29) is 5.69 Å². The van der Waals surface area contributed by atoms with Gasteiger partial charge in [-0.05, 0) is 17.7 Å². The minimum Gasteiger partial charge on any atom is -0.326 e. The maximum atomic E-state index is 13.8. The molecule has 0 unspecified atom stereocenters. The minimum absolute atomic E-state index is 0.182. The standard InChI is InChI=1S/C16H12F7NS/c17-15(18,16(19,20)21)14(25(22)23)24(13-9-5-2-6-10-13)11-12-7-3-1-4-8-12/h1-10H,11H2. The first-order valence-corrected chi connectivity index (χ1v) is 7.92. The zero-order valence-corrected chi connectivity index (χ0v) is 13.3. The van der Waals surface area contributed by atoms with Crippen molar-refractivity contribution in [3.8, 4) is 0 Å². The number of hydrogen-bond acceptors (Lipinski definition) is 0. The van der Waals surface area contributed by atoms with Crippen molar-refractivity contribution in [1.29, 1.82) is 0 Å². The summed E-state index contributed by atoms with van der Waals surface area (Å²) in [7, 11) is 0. The van der Waals surface area contributed by atoms with Crippen molar-refractivity contribution < 1.29 is 29.7 Å². The van der Waals surface area contributed by atoms with Crippen LogP contribution in [0.3, 0.4) is 0 Å². The predicted molar refractivity (Wildman–Crippen MR) is 84.9 cm³/mol. The third-order valence-electron chi connectivity index (χ3n) is 3.27. The second kappa shape index (κ2) is 7.47. The molecule has 2 rings (SSSR count). The van der Waals surface area contributed by atoms with Gasteiger partial charge in [0, 0.05) is 12.2 Å². The van der Waals surface area contributed by atoms with Gasteiger partial charge in [0.15, 0.2) is 16.2 Å². The van der Waals surface area contributed by atoms with E-state index < -0.39 is 34.9 Å². The molecule has 1 nitrogen and oxygen atoms in total. The molecule has 0 N–H and O–H groups in total. The second-order valence-corrected chi connectivity index (χ2v) is 5.81. The van der Waals surface area contributed by atoms with Gasteiger partial charge in [-0.3, -0.25) is 0 Å². The molecule has 0 amide bonds. The lowest BCUT2D eigenvalue weighted by atomic mass is 10.1. The van der Waals surface area contributed by atoms with Crippen LogP contribution in [-0.4, -0.2) is 17.1 Å². The van der Waals surface area contributed by atoms with Crippen molar-refractivity contribution in [3.05, 3.63) is 66.2 Å². The molecule has 25 heavy (non-hydrogen) atoms. The van der Waals surface area contributed by atoms with Crippen molar-refractivity contribution >= 4 is 21.9 Å². The maximum absolute atomic E-state index is 13.8. The summed E-state index contributed by atoms with van der Waals surface area (Å²) in [5.41, 5.74) is 0.130. The van der Waals surface area contributed by atoms with E-state index in [1.54, 1.807) is 6.07 Å². The zero-order chi connectivity index (χ0) is 18.7. The van der Waals surface area contributed by atoms with Crippen LogP contribution in [0.2, 0.25) is 0 Å². The van der Waals surface area contributed by atoms with Crippen LogP contribution in [0.1, 0.15) is 5.56 Å². The fourth-order valence-corrected chi connectivity index (χ4v) is 2.77. The molecule has 0 bridgehead atoms. The summed E-state index contributed by atoms with van der Waals surface area (Å²) in [6.07, 6.45) is -6.13. The lowest BCUT2D eigenvalue weighted by Crippen LogP contribution is -2.52. The highest BCUT2D eigenvalue weighted by molar-refractivity contribution is 8.07. The van der Waals surface area contributed by atoms with Crippen LogP contribution in [-0.2, 0) is 6.54 Å². The fourth-order valence-electron chi connectivity index (χ4n) is 2.13. The van der Waals surface area contributed by atoms with Crippen LogP contribution in [0.15, 0.2) is 60.7 Å². The number of halogens is 7. The van der Waals surface area contributed by atoms with Gasteiger partial charge in [-0.15, -0.1) is 7.77 Å². The predicted octanol–water partition coefficient (Wildman–Crippen LogP) is 6.06. The summed E-state index contributed by atoms with van der Waals surface area (Å²) in [4.78, 5) is -1.94. The molecule has 0 radical (unpaired) electrons. The molecular formula is C16H12F7NS. The number of hydrogen-bond donors (Lipinski definition) is 0. The van der Waals surface area contributed by atoms with Crippen LogP contribution in [0.4, 0.5) is 35.4 Å². The lowest BCUT2D eigenvalue weighted by molar-refractivity contribution is -0.248. The van der Waals surface area contributed by atoms with E-state index in [2.05, 4.69) is 0 Å². The van der Waals surface area contributed by atoms with E-state index >= 15 is 0 Å². The Hall–Kier alpha value is -2.03. The Morgan fingerprint density at radius 3 is 1.72 bits per heavy atom. The molecular weight excluding hydrogens is 371 g/mol. The Morgan fingerprint density at radius 2 is 1.28 bits per heavy atom. The van der Waals surface area contributed by atoms with E-state index in [0.717, 1.165) is 0 Å². The first-order valence-electron chi connectivity index (χ1n) is 6.90. The summed E-state index contributed by atoms with van der Waals surface area (Å²) in [5.74, 6) is -5.66. The van der Waals surface area contributed by atoms with Gasteiger partial charge in [-0.1, -0.05) is 48.5 Å². The van der Waals surface area contributed by atoms with Crippen molar-refractivity contribution in [2.45, 2.75) is 18.6 Å². The van der Waals surface area contributed by atoms with Gasteiger partial charge in [0.1, 0.15) is 0 Å². The smallest absolute Gasteiger partial charge is 0.326 e. The summed E-state index contributed by atoms with van der Waals surface area (Å²) in [5, 5.41) is 0. The molecule has 0 saturated heterocycles. The number of benzene rings is 2. The van der Waals surface area contributed by atoms with Crippen LogP contribution in [0, 0.1) is 0 Å². The average molecular weight is 383 g/mol. The maximum Gasteiger partial charge on any atom is 0.460 e. The Morgan fingerprint density at radius 1 is 0.800 bits per heavy atom. The topological polar surface area (TPSA) is 3.24 Å². The Balaban J connectivity index is 2.58. The Labute approximate surface area is 142 Å². The lowest BCUT2D eigenvalue weighted by Gasteiger charge is -2.32. The molecule has 0 heterocycles. The summed E-state index contributed by atoms with van der Waals surface area (Å²) >= 11 is -4.30. The van der Waals surface area contributed by atoms with E-state index in [0.29, 0.717) is 10.5 Å². The molecule has 9 heteroatoms. The van der Waals surface area contributed by atoms with Crippen LogP contribution in [0.25, 0.3) is 0 Å². The van der Waals surface area contributed by atoms with E-state index in [9.17, 15) is 29.7 Å². The van der Waals surface area contributed by atoms with Gasteiger partial charge in [-0.25, -0.2) is 0 Å². The molecule has 0 spiro atoms. The van der Waals surface area contributed by atoms with Gasteiger partial charge in [0.25, 0.3) is 0 Å². The first kappa shape index (κ1) is 19.3. The molecule has 0 aliphatic heterocycles. The van der Waals surface area contributed by atoms with Crippen LogP contribution in [0.5, 0.6) is 0 Å². The highest BCUT2D eigenvalue weighted by Gasteiger charge is 2.63. The van der Waals surface area contributed by atoms with Crippen molar-refractivity contribution in [2.24, 2.45) is 0 Å². The molecule has 0 saturated carbocycles. The van der Waals surface area contributed by atoms with Gasteiger partial charge >= 0.3 is 12.1 Å². The number of alkyl halides is 5. The van der Waals surface area contributed by atoms with Gasteiger partial charge in [0.2, 0.25) is 0 Å². The number of para-hydroxylation sites is 1. The highest BCUT2D eigenvalue weighted by atomic mass is 32.2. The van der Waals surface area contributed by atoms with E-state index in [4.69, 9.17) is 0 Å². The first-order chi connectivity index (χ1) is 11.6. The molecule has 0 aliphatic carbocycles. The van der Waals surface area contributed by atoms with Crippen molar-refractivity contribution in [2.75, 3.05) is 4.90 Å². The summed E-state index contributed by atoms with van der Waals surface area (Å²) in [6.45, 7) is -0.552. The van der Waals surface area contributed by atoms with Gasteiger partial charge < -0.3 is 4.90 Å². The highest BCUT2D eigenvalue weighted by Crippen LogP contribution is 2.43. The molecule has 0 atom stereocenters. The molecule has 0 fully saturated rings. The molecule has 2 aromatic rings. The Bertz CT molecular complexity index is 725. The normalized spacial score (nSPS) is 12.3. The largest absolute Gasteiger partial charge is 0.460 e. The molecule has 2 aromatic carbocycles. The summed E-state index contributed by atoms with van der Waals surface area (Å²) < 4.78 is 92.5. The van der Waals surface area contributed by atoms with Gasteiger partial charge in [-0.2, -0.15) is 22.0 Å². The van der Waals surface area contributed by atoms with Crippen LogP contribution < -0.4 is 4.90 Å². The Kier molecular flexibility index (Phi) is 5.76. The molecule has 136 valence electrons. The van der Waals surface area contributed by atoms with Crippen LogP contribution >= 0.6 is 11.3 Å². The SMILES string of the molecule is FS(F)=C(N(Cc1ccccc1)c1ccccc1)C(F)(F)C(F)(F)F. The number of anilines is 1. The van der Waals surface area contributed by atoms with Crippen molar-refractivity contribution in [3.63, 3.8) is 0 Å². The quantitative estimate of drug-likeness (QED) is 0.458. The number of rotatable bonds is 4. The third-order valence-corrected chi connectivity index (χ3v) is 4.04. The molecule has 0 aromatic heterocycles. The zero-order valence-electron chi connectivity index (χ0n) is 12.5. The monoisotopic (exact) mass is 383 g/mol. The third kappa shape index (κ3) is 4.33. The summed E-state index contributed by atoms with van der Waals surface area (Å²) in [6, 6.07) is 14.2. The number of nitrogens with zero attached hydrogens (tertiary/aromatic N) is 1.